The van der Waals surface area contributed by atoms with E-state index in [9.17, 15) is 9.18 Å². The molecule has 4 nitrogen and oxygen atoms in total. The first-order chi connectivity index (χ1) is 11.2. The zero-order valence-electron chi connectivity index (χ0n) is 12.9. The van der Waals surface area contributed by atoms with Crippen LogP contribution in [0.5, 0.6) is 0 Å². The first-order valence-corrected chi connectivity index (χ1v) is 7.95. The van der Waals surface area contributed by atoms with Crippen molar-refractivity contribution in [2.45, 2.75) is 38.3 Å². The van der Waals surface area contributed by atoms with Crippen LogP contribution in [0.4, 0.5) is 10.1 Å². The summed E-state index contributed by atoms with van der Waals surface area (Å²) in [5.74, 6) is -0.571. The number of halogens is 1. The molecule has 0 unspecified atom stereocenters. The van der Waals surface area contributed by atoms with Gasteiger partial charge in [-0.2, -0.15) is 0 Å². The minimum Gasteiger partial charge on any atom is -0.381 e. The number of nitrogens with one attached hydrogen (secondary N) is 2. The van der Waals surface area contributed by atoms with Gasteiger partial charge in [0.15, 0.2) is 0 Å². The summed E-state index contributed by atoms with van der Waals surface area (Å²) in [5, 5.41) is 6.15. The first-order valence-electron chi connectivity index (χ1n) is 7.95. The highest BCUT2D eigenvalue weighted by atomic mass is 19.1. The van der Waals surface area contributed by atoms with Crippen molar-refractivity contribution >= 4 is 11.6 Å². The van der Waals surface area contributed by atoms with E-state index in [1.165, 1.54) is 25.1 Å². The van der Waals surface area contributed by atoms with Gasteiger partial charge in [0.2, 0.25) is 0 Å². The van der Waals surface area contributed by atoms with Crippen molar-refractivity contribution in [3.63, 3.8) is 0 Å². The summed E-state index contributed by atoms with van der Waals surface area (Å²) in [4.78, 5) is 16.3. The molecule has 1 fully saturated rings. The third-order valence-electron chi connectivity index (χ3n) is 4.12. The van der Waals surface area contributed by atoms with Gasteiger partial charge in [0.1, 0.15) is 5.82 Å². The number of amides is 1. The van der Waals surface area contributed by atoms with Gasteiger partial charge in [0.25, 0.3) is 5.91 Å². The number of hydrogen-bond donors (Lipinski definition) is 2. The number of hydrogen-bond acceptors (Lipinski definition) is 3. The standard InChI is InChI=1S/C18H20FN3O/c19-17-8-4-1-5-13(17)11-21-18(23)14-9-16(12-20-10-14)22-15-6-2-3-7-15/h1,4-5,8-10,12,15,22H,2-3,6-7,11H2,(H,21,23). The van der Waals surface area contributed by atoms with Crippen molar-refractivity contribution < 1.29 is 9.18 Å². The van der Waals surface area contributed by atoms with Crippen LogP contribution in [0.25, 0.3) is 0 Å². The van der Waals surface area contributed by atoms with Gasteiger partial charge >= 0.3 is 0 Å². The maximum Gasteiger partial charge on any atom is 0.253 e. The van der Waals surface area contributed by atoms with E-state index < -0.39 is 0 Å². The number of aromatic nitrogens is 1. The molecule has 1 amide bonds. The second kappa shape index (κ2) is 7.22. The molecule has 1 aromatic carbocycles. The van der Waals surface area contributed by atoms with Gasteiger partial charge in [0.05, 0.1) is 11.3 Å². The lowest BCUT2D eigenvalue weighted by Crippen LogP contribution is -2.24. The topological polar surface area (TPSA) is 54.0 Å². The third-order valence-corrected chi connectivity index (χ3v) is 4.12. The molecule has 0 spiro atoms. The van der Waals surface area contributed by atoms with E-state index in [-0.39, 0.29) is 18.3 Å². The monoisotopic (exact) mass is 313 g/mol. The molecule has 2 aromatic rings. The number of benzene rings is 1. The van der Waals surface area contributed by atoms with Gasteiger partial charge < -0.3 is 10.6 Å². The molecule has 1 aliphatic rings. The maximum absolute atomic E-state index is 13.6. The Morgan fingerprint density at radius 2 is 2.00 bits per heavy atom. The molecule has 0 saturated heterocycles. The van der Waals surface area contributed by atoms with Gasteiger partial charge in [-0.15, -0.1) is 0 Å². The van der Waals surface area contributed by atoms with Crippen LogP contribution in [0.3, 0.4) is 0 Å². The SMILES string of the molecule is O=C(NCc1ccccc1F)c1cncc(NC2CCCC2)c1. The minimum atomic E-state index is -0.317. The molecular formula is C18H20FN3O. The van der Waals surface area contributed by atoms with Crippen molar-refractivity contribution in [3.05, 3.63) is 59.7 Å². The summed E-state index contributed by atoms with van der Waals surface area (Å²) in [6.45, 7) is 0.159. The van der Waals surface area contributed by atoms with E-state index >= 15 is 0 Å². The van der Waals surface area contributed by atoms with Gasteiger partial charge in [-0.1, -0.05) is 31.0 Å². The van der Waals surface area contributed by atoms with Crippen molar-refractivity contribution in [3.8, 4) is 0 Å². The normalized spacial score (nSPS) is 14.7. The lowest BCUT2D eigenvalue weighted by Gasteiger charge is -2.14. The fourth-order valence-corrected chi connectivity index (χ4v) is 2.87. The molecule has 0 aliphatic heterocycles. The summed E-state index contributed by atoms with van der Waals surface area (Å²) in [6, 6.07) is 8.68. The first kappa shape index (κ1) is 15.5. The fraction of sp³-hybridized carbons (Fsp3) is 0.333. The molecule has 2 N–H and O–H groups in total. The van der Waals surface area contributed by atoms with Crippen LogP contribution < -0.4 is 10.6 Å². The summed E-state index contributed by atoms with van der Waals surface area (Å²) >= 11 is 0. The number of rotatable bonds is 5. The Labute approximate surface area is 135 Å². The molecule has 5 heteroatoms. The quantitative estimate of drug-likeness (QED) is 0.888. The van der Waals surface area contributed by atoms with Crippen molar-refractivity contribution in [1.82, 2.24) is 10.3 Å². The highest BCUT2D eigenvalue weighted by Crippen LogP contribution is 2.22. The summed E-state index contributed by atoms with van der Waals surface area (Å²) < 4.78 is 13.6. The van der Waals surface area contributed by atoms with Crippen LogP contribution in [0.2, 0.25) is 0 Å². The molecular weight excluding hydrogens is 293 g/mol. The molecule has 3 rings (SSSR count). The Hall–Kier alpha value is -2.43. The largest absolute Gasteiger partial charge is 0.381 e. The summed E-state index contributed by atoms with van der Waals surface area (Å²) in [7, 11) is 0. The van der Waals surface area contributed by atoms with Gasteiger partial charge in [-0.05, 0) is 25.0 Å². The number of carbonyl (C=O) groups is 1. The van der Waals surface area contributed by atoms with Crippen LogP contribution in [0, 0.1) is 5.82 Å². The number of anilines is 1. The van der Waals surface area contributed by atoms with Crippen LogP contribution in [0.15, 0.2) is 42.7 Å². The molecule has 1 aliphatic carbocycles. The van der Waals surface area contributed by atoms with Crippen molar-refractivity contribution in [2.75, 3.05) is 5.32 Å². The Morgan fingerprint density at radius 1 is 1.22 bits per heavy atom. The van der Waals surface area contributed by atoms with Crippen LogP contribution in [-0.2, 0) is 6.54 Å². The maximum atomic E-state index is 13.6. The lowest BCUT2D eigenvalue weighted by atomic mass is 10.2. The van der Waals surface area contributed by atoms with E-state index in [0.29, 0.717) is 17.2 Å². The second-order valence-electron chi connectivity index (χ2n) is 5.86. The fourth-order valence-electron chi connectivity index (χ4n) is 2.87. The highest BCUT2D eigenvalue weighted by Gasteiger charge is 2.15. The second-order valence-corrected chi connectivity index (χ2v) is 5.86. The molecule has 1 aromatic heterocycles. The van der Waals surface area contributed by atoms with Crippen LogP contribution in [0.1, 0.15) is 41.6 Å². The minimum absolute atomic E-state index is 0.159. The van der Waals surface area contributed by atoms with Crippen LogP contribution >= 0.6 is 0 Å². The van der Waals surface area contributed by atoms with Crippen molar-refractivity contribution in [2.24, 2.45) is 0 Å². The summed E-state index contributed by atoms with van der Waals surface area (Å²) in [5.41, 5.74) is 1.80. The number of nitrogens with zero attached hydrogens (tertiary/aromatic N) is 1. The molecule has 120 valence electrons. The van der Waals surface area contributed by atoms with Gasteiger partial charge in [0, 0.05) is 30.5 Å². The molecule has 1 saturated carbocycles. The predicted octanol–water partition coefficient (Wildman–Crippen LogP) is 3.51. The van der Waals surface area contributed by atoms with E-state index in [1.807, 2.05) is 0 Å². The van der Waals surface area contributed by atoms with Gasteiger partial charge in [-0.3, -0.25) is 9.78 Å². The number of pyridine rings is 1. The third kappa shape index (κ3) is 4.06. The lowest BCUT2D eigenvalue weighted by molar-refractivity contribution is 0.0950. The molecule has 0 bridgehead atoms. The Balaban J connectivity index is 1.61. The van der Waals surface area contributed by atoms with Crippen molar-refractivity contribution in [1.29, 1.82) is 0 Å². The average Bonchev–Trinajstić information content (AvgIpc) is 3.07. The molecule has 0 radical (unpaired) electrons. The highest BCUT2D eigenvalue weighted by molar-refractivity contribution is 5.94. The number of carbonyl (C=O) groups excluding carboxylic acids is 1. The molecule has 1 heterocycles. The zero-order chi connectivity index (χ0) is 16.1. The summed E-state index contributed by atoms with van der Waals surface area (Å²) in [6.07, 6.45) is 8.05. The Bertz CT molecular complexity index is 683. The smallest absolute Gasteiger partial charge is 0.253 e. The van der Waals surface area contributed by atoms with Crippen LogP contribution in [-0.4, -0.2) is 16.9 Å². The van der Waals surface area contributed by atoms with Gasteiger partial charge in [-0.25, -0.2) is 4.39 Å². The predicted molar refractivity (Wildman–Crippen MR) is 87.7 cm³/mol. The molecule has 0 atom stereocenters. The zero-order valence-corrected chi connectivity index (χ0v) is 12.9. The van der Waals surface area contributed by atoms with E-state index in [1.54, 1.807) is 30.5 Å². The Morgan fingerprint density at radius 3 is 2.78 bits per heavy atom. The molecule has 23 heavy (non-hydrogen) atoms. The average molecular weight is 313 g/mol. The van der Waals surface area contributed by atoms with E-state index in [0.717, 1.165) is 18.5 Å². The Kier molecular flexibility index (Phi) is 4.86. The van der Waals surface area contributed by atoms with E-state index in [2.05, 4.69) is 15.6 Å². The van der Waals surface area contributed by atoms with E-state index in [4.69, 9.17) is 0 Å².